The topological polar surface area (TPSA) is 45.6 Å². The van der Waals surface area contributed by atoms with E-state index < -0.39 is 0 Å². The van der Waals surface area contributed by atoms with Crippen LogP contribution < -0.4 is 0 Å². The molecule has 1 aliphatic carbocycles. The van der Waals surface area contributed by atoms with Crippen LogP contribution in [0.4, 0.5) is 0 Å². The highest BCUT2D eigenvalue weighted by atomic mass is 79.9. The molecule has 1 aromatic carbocycles. The Hall–Kier alpha value is -2.08. The maximum atomic E-state index is 13.6. The Morgan fingerprint density at radius 3 is 2.39 bits per heavy atom. The highest BCUT2D eigenvalue weighted by Gasteiger charge is 2.29. The van der Waals surface area contributed by atoms with Gasteiger partial charge in [0.05, 0.1) is 13.1 Å². The largest absolute Gasteiger partial charge is 0.345 e. The van der Waals surface area contributed by atoms with Gasteiger partial charge in [0, 0.05) is 41.4 Å². The molecule has 0 saturated heterocycles. The summed E-state index contributed by atoms with van der Waals surface area (Å²) in [5, 5.41) is 0. The molecule has 0 atom stereocenters. The van der Waals surface area contributed by atoms with Crippen molar-refractivity contribution < 1.29 is 9.59 Å². The van der Waals surface area contributed by atoms with Gasteiger partial charge >= 0.3 is 0 Å². The van der Waals surface area contributed by atoms with Crippen LogP contribution in [0.1, 0.15) is 77.0 Å². The number of amides is 2. The SMILES string of the molecule is CCCC(=O)N(CC(=O)N(Cc1cccn1Cc1ccc(Br)cc1)C1CCCCC1)C(C)C. The summed E-state index contributed by atoms with van der Waals surface area (Å²) in [5.74, 6) is 0.138. The molecule has 0 N–H and O–H groups in total. The molecule has 1 aliphatic rings. The lowest BCUT2D eigenvalue weighted by Gasteiger charge is -2.37. The molecule has 3 rings (SSSR count). The lowest BCUT2D eigenvalue weighted by atomic mass is 9.94. The number of benzene rings is 1. The van der Waals surface area contributed by atoms with Crippen LogP contribution in [0.3, 0.4) is 0 Å². The van der Waals surface area contributed by atoms with Gasteiger partial charge < -0.3 is 14.4 Å². The van der Waals surface area contributed by atoms with Crippen LogP contribution in [-0.2, 0) is 22.7 Å². The van der Waals surface area contributed by atoms with E-state index in [1.807, 2.05) is 20.8 Å². The molecule has 6 heteroatoms. The first kappa shape index (κ1) is 25.5. The van der Waals surface area contributed by atoms with Gasteiger partial charge in [0.2, 0.25) is 11.8 Å². The lowest BCUT2D eigenvalue weighted by molar-refractivity contribution is -0.144. The van der Waals surface area contributed by atoms with Gasteiger partial charge in [-0.2, -0.15) is 0 Å². The molecule has 0 aliphatic heterocycles. The number of carbonyl (C=O) groups is 2. The van der Waals surface area contributed by atoms with Crippen molar-refractivity contribution in [3.63, 3.8) is 0 Å². The summed E-state index contributed by atoms with van der Waals surface area (Å²) in [6, 6.07) is 12.8. The molecular weight excluding hydrogens is 478 g/mol. The van der Waals surface area contributed by atoms with Crippen molar-refractivity contribution >= 4 is 27.7 Å². The first-order valence-corrected chi connectivity index (χ1v) is 13.2. The Morgan fingerprint density at radius 1 is 1.06 bits per heavy atom. The van der Waals surface area contributed by atoms with Gasteiger partial charge in [-0.15, -0.1) is 0 Å². The molecule has 180 valence electrons. The van der Waals surface area contributed by atoms with Crippen LogP contribution in [-0.4, -0.2) is 44.8 Å². The first-order valence-electron chi connectivity index (χ1n) is 12.4. The smallest absolute Gasteiger partial charge is 0.242 e. The van der Waals surface area contributed by atoms with Crippen LogP contribution in [0.2, 0.25) is 0 Å². The fraction of sp³-hybridized carbons (Fsp3) is 0.556. The molecule has 1 heterocycles. The third-order valence-corrected chi connectivity index (χ3v) is 7.10. The molecule has 2 aromatic rings. The van der Waals surface area contributed by atoms with E-state index in [0.717, 1.165) is 48.8 Å². The van der Waals surface area contributed by atoms with E-state index >= 15 is 0 Å². The minimum atomic E-state index is 0.0162. The lowest BCUT2D eigenvalue weighted by Crippen LogP contribution is -2.49. The minimum Gasteiger partial charge on any atom is -0.345 e. The molecule has 1 saturated carbocycles. The molecular formula is C27H38BrN3O2. The van der Waals surface area contributed by atoms with Gasteiger partial charge in [0.15, 0.2) is 0 Å². The molecule has 0 spiro atoms. The fourth-order valence-corrected chi connectivity index (χ4v) is 4.94. The van der Waals surface area contributed by atoms with E-state index in [4.69, 9.17) is 0 Å². The number of rotatable bonds is 10. The van der Waals surface area contributed by atoms with Crippen molar-refractivity contribution in [2.45, 2.75) is 90.9 Å². The molecule has 33 heavy (non-hydrogen) atoms. The maximum Gasteiger partial charge on any atom is 0.242 e. The Balaban J connectivity index is 1.79. The second-order valence-corrected chi connectivity index (χ2v) is 10.3. The quantitative estimate of drug-likeness (QED) is 0.389. The van der Waals surface area contributed by atoms with E-state index in [1.54, 1.807) is 4.90 Å². The Kier molecular flexibility index (Phi) is 9.60. The van der Waals surface area contributed by atoms with Gasteiger partial charge in [0.1, 0.15) is 0 Å². The van der Waals surface area contributed by atoms with Crippen molar-refractivity contribution in [1.82, 2.24) is 14.4 Å². The van der Waals surface area contributed by atoms with Crippen LogP contribution >= 0.6 is 15.9 Å². The molecule has 5 nitrogen and oxygen atoms in total. The zero-order valence-electron chi connectivity index (χ0n) is 20.3. The average molecular weight is 517 g/mol. The number of hydrogen-bond acceptors (Lipinski definition) is 2. The van der Waals surface area contributed by atoms with Crippen LogP contribution in [0.5, 0.6) is 0 Å². The summed E-state index contributed by atoms with van der Waals surface area (Å²) < 4.78 is 3.30. The monoisotopic (exact) mass is 515 g/mol. The van der Waals surface area contributed by atoms with Crippen LogP contribution in [0.15, 0.2) is 47.1 Å². The number of halogens is 1. The van der Waals surface area contributed by atoms with Crippen molar-refractivity contribution in [3.8, 4) is 0 Å². The van der Waals surface area contributed by atoms with E-state index in [0.29, 0.717) is 13.0 Å². The zero-order chi connectivity index (χ0) is 23.8. The predicted molar refractivity (Wildman–Crippen MR) is 137 cm³/mol. The summed E-state index contributed by atoms with van der Waals surface area (Å²) >= 11 is 3.50. The van der Waals surface area contributed by atoms with Gasteiger partial charge in [-0.05, 0) is 62.9 Å². The number of nitrogens with zero attached hydrogens (tertiary/aromatic N) is 3. The molecule has 1 fully saturated rings. The minimum absolute atomic E-state index is 0.0162. The van der Waals surface area contributed by atoms with Gasteiger partial charge in [-0.3, -0.25) is 9.59 Å². The van der Waals surface area contributed by atoms with Crippen LogP contribution in [0, 0.1) is 0 Å². The van der Waals surface area contributed by atoms with E-state index in [1.165, 1.54) is 12.0 Å². The van der Waals surface area contributed by atoms with Crippen molar-refractivity contribution in [3.05, 3.63) is 58.3 Å². The number of aromatic nitrogens is 1. The van der Waals surface area contributed by atoms with Crippen molar-refractivity contribution in [1.29, 1.82) is 0 Å². The maximum absolute atomic E-state index is 13.6. The van der Waals surface area contributed by atoms with Gasteiger partial charge in [0.25, 0.3) is 0 Å². The Labute approximate surface area is 207 Å². The number of carbonyl (C=O) groups excluding carboxylic acids is 2. The first-order chi connectivity index (χ1) is 15.9. The Bertz CT molecular complexity index is 900. The third kappa shape index (κ3) is 7.20. The van der Waals surface area contributed by atoms with E-state index in [2.05, 4.69) is 68.0 Å². The van der Waals surface area contributed by atoms with Crippen molar-refractivity contribution in [2.24, 2.45) is 0 Å². The van der Waals surface area contributed by atoms with E-state index in [-0.39, 0.29) is 30.4 Å². The van der Waals surface area contributed by atoms with Crippen LogP contribution in [0.25, 0.3) is 0 Å². The third-order valence-electron chi connectivity index (χ3n) is 6.57. The molecule has 1 aromatic heterocycles. The average Bonchev–Trinajstić information content (AvgIpc) is 3.24. The highest BCUT2D eigenvalue weighted by Crippen LogP contribution is 2.25. The molecule has 2 amide bonds. The normalized spacial score (nSPS) is 14.5. The molecule has 0 unspecified atom stereocenters. The summed E-state index contributed by atoms with van der Waals surface area (Å²) in [7, 11) is 0. The van der Waals surface area contributed by atoms with Crippen molar-refractivity contribution in [2.75, 3.05) is 6.54 Å². The Morgan fingerprint density at radius 2 is 1.76 bits per heavy atom. The highest BCUT2D eigenvalue weighted by molar-refractivity contribution is 9.10. The van der Waals surface area contributed by atoms with Gasteiger partial charge in [-0.1, -0.05) is 54.2 Å². The summed E-state index contributed by atoms with van der Waals surface area (Å²) in [4.78, 5) is 30.1. The molecule has 0 bridgehead atoms. The standard InChI is InChI=1S/C27H38BrN3O2/c1-4-9-26(32)30(21(2)3)20-27(33)31(24-10-6-5-7-11-24)19-25-12-8-17-29(25)18-22-13-15-23(28)16-14-22/h8,12-17,21,24H,4-7,9-11,18-20H2,1-3H3. The second-order valence-electron chi connectivity index (χ2n) is 9.43. The summed E-state index contributed by atoms with van der Waals surface area (Å²) in [6.45, 7) is 7.52. The summed E-state index contributed by atoms with van der Waals surface area (Å²) in [5.41, 5.74) is 2.36. The van der Waals surface area contributed by atoms with E-state index in [9.17, 15) is 9.59 Å². The summed E-state index contributed by atoms with van der Waals surface area (Å²) in [6.07, 6.45) is 9.04. The second kappa shape index (κ2) is 12.4. The predicted octanol–water partition coefficient (Wildman–Crippen LogP) is 6.00. The molecule has 0 radical (unpaired) electrons. The fourth-order valence-electron chi connectivity index (χ4n) is 4.67. The zero-order valence-corrected chi connectivity index (χ0v) is 21.9. The van der Waals surface area contributed by atoms with Gasteiger partial charge in [-0.25, -0.2) is 0 Å². The number of hydrogen-bond donors (Lipinski definition) is 0.